The van der Waals surface area contributed by atoms with Gasteiger partial charge in [0.15, 0.2) is 0 Å². The quantitative estimate of drug-likeness (QED) is 0.934. The molecule has 1 atom stereocenters. The highest BCUT2D eigenvalue weighted by Crippen LogP contribution is 2.28. The molecule has 0 amide bonds. The molecule has 0 saturated carbocycles. The largest absolute Gasteiger partial charge is 0.322 e. The van der Waals surface area contributed by atoms with Crippen LogP contribution in [0, 0.1) is 6.92 Å². The van der Waals surface area contributed by atoms with E-state index in [0.29, 0.717) is 16.5 Å². The predicted octanol–water partition coefficient (Wildman–Crippen LogP) is 3.76. The van der Waals surface area contributed by atoms with Gasteiger partial charge in [0.1, 0.15) is 0 Å². The zero-order valence-electron chi connectivity index (χ0n) is 11.0. The predicted molar refractivity (Wildman–Crippen MR) is 79.7 cm³/mol. The molecule has 2 N–H and O–H groups in total. The second kappa shape index (κ2) is 5.95. The summed E-state index contributed by atoms with van der Waals surface area (Å²) >= 11 is 12.4. The van der Waals surface area contributed by atoms with Crippen LogP contribution in [0.15, 0.2) is 24.3 Å². The van der Waals surface area contributed by atoms with Gasteiger partial charge in [-0.05, 0) is 44.0 Å². The van der Waals surface area contributed by atoms with Crippen LogP contribution in [0.2, 0.25) is 10.0 Å². The number of nitrogens with zero attached hydrogens (tertiary/aromatic N) is 2. The second-order valence-corrected chi connectivity index (χ2v) is 5.35. The van der Waals surface area contributed by atoms with Crippen LogP contribution in [-0.4, -0.2) is 9.78 Å². The van der Waals surface area contributed by atoms with E-state index in [0.717, 1.165) is 23.5 Å². The Kier molecular flexibility index (Phi) is 4.50. The monoisotopic (exact) mass is 297 g/mol. The van der Waals surface area contributed by atoms with Gasteiger partial charge in [-0.15, -0.1) is 0 Å². The Morgan fingerprint density at radius 2 is 1.95 bits per heavy atom. The Morgan fingerprint density at radius 3 is 2.53 bits per heavy atom. The maximum atomic E-state index is 6.28. The molecule has 0 saturated heterocycles. The van der Waals surface area contributed by atoms with Crippen LogP contribution >= 0.6 is 23.2 Å². The van der Waals surface area contributed by atoms with E-state index in [2.05, 4.69) is 5.10 Å². The number of hydrogen-bond acceptors (Lipinski definition) is 2. The molecule has 1 aromatic carbocycles. The third kappa shape index (κ3) is 3.11. The summed E-state index contributed by atoms with van der Waals surface area (Å²) in [6, 6.07) is 7.34. The first-order valence-corrected chi connectivity index (χ1v) is 7.01. The second-order valence-electron chi connectivity index (χ2n) is 4.54. The highest BCUT2D eigenvalue weighted by atomic mass is 35.5. The van der Waals surface area contributed by atoms with Gasteiger partial charge in [-0.25, -0.2) is 0 Å². The van der Waals surface area contributed by atoms with Gasteiger partial charge in [-0.3, -0.25) is 4.68 Å². The fourth-order valence-corrected chi connectivity index (χ4v) is 2.72. The molecule has 0 bridgehead atoms. The number of aryl methyl sites for hydroxylation is 2. The number of nitrogens with two attached hydrogens (primary N) is 1. The maximum absolute atomic E-state index is 6.28. The van der Waals surface area contributed by atoms with E-state index in [1.54, 1.807) is 0 Å². The zero-order chi connectivity index (χ0) is 14.0. The summed E-state index contributed by atoms with van der Waals surface area (Å²) in [5.74, 6) is 0. The molecule has 0 radical (unpaired) electrons. The van der Waals surface area contributed by atoms with Gasteiger partial charge in [0.2, 0.25) is 0 Å². The number of hydrogen-bond donors (Lipinski definition) is 1. The molecular formula is C14H17Cl2N3. The molecule has 1 heterocycles. The normalized spacial score (nSPS) is 12.7. The van der Waals surface area contributed by atoms with E-state index in [9.17, 15) is 0 Å². The van der Waals surface area contributed by atoms with Crippen LogP contribution in [-0.2, 0) is 13.0 Å². The van der Waals surface area contributed by atoms with Gasteiger partial charge in [-0.2, -0.15) is 5.10 Å². The molecule has 19 heavy (non-hydrogen) atoms. The third-order valence-electron chi connectivity index (χ3n) is 3.10. The van der Waals surface area contributed by atoms with E-state index < -0.39 is 0 Å². The summed E-state index contributed by atoms with van der Waals surface area (Å²) in [4.78, 5) is 0. The Balaban J connectivity index is 2.28. The van der Waals surface area contributed by atoms with E-state index in [4.69, 9.17) is 28.9 Å². The summed E-state index contributed by atoms with van der Waals surface area (Å²) in [5, 5.41) is 5.72. The van der Waals surface area contributed by atoms with Crippen molar-refractivity contribution in [1.82, 2.24) is 9.78 Å². The number of aromatic nitrogens is 2. The maximum Gasteiger partial charge on any atom is 0.0597 e. The molecule has 0 fully saturated rings. The van der Waals surface area contributed by atoms with Crippen LogP contribution in [0.4, 0.5) is 0 Å². The Bertz CT molecular complexity index is 558. The Hall–Kier alpha value is -1.03. The lowest BCUT2D eigenvalue weighted by molar-refractivity contribution is 0.566. The molecule has 1 aromatic heterocycles. The van der Waals surface area contributed by atoms with Gasteiger partial charge >= 0.3 is 0 Å². The van der Waals surface area contributed by atoms with Crippen LogP contribution in [0.25, 0.3) is 0 Å². The molecule has 0 spiro atoms. The number of rotatable bonds is 4. The SMILES string of the molecule is CCn1nc(C)cc1C(N)Cc1c(Cl)cccc1Cl. The molecule has 3 nitrogen and oxygen atoms in total. The van der Waals surface area contributed by atoms with Crippen LogP contribution in [0.3, 0.4) is 0 Å². The fraction of sp³-hybridized carbons (Fsp3) is 0.357. The Morgan fingerprint density at radius 1 is 1.32 bits per heavy atom. The van der Waals surface area contributed by atoms with Crippen molar-refractivity contribution in [2.24, 2.45) is 5.73 Å². The lowest BCUT2D eigenvalue weighted by Crippen LogP contribution is -2.18. The average molecular weight is 298 g/mol. The molecule has 0 aliphatic rings. The van der Waals surface area contributed by atoms with Crippen LogP contribution < -0.4 is 5.73 Å². The summed E-state index contributed by atoms with van der Waals surface area (Å²) in [5.41, 5.74) is 9.15. The minimum atomic E-state index is -0.168. The van der Waals surface area contributed by atoms with Crippen molar-refractivity contribution in [1.29, 1.82) is 0 Å². The van der Waals surface area contributed by atoms with Crippen molar-refractivity contribution in [2.45, 2.75) is 32.9 Å². The van der Waals surface area contributed by atoms with Crippen molar-refractivity contribution < 1.29 is 0 Å². The average Bonchev–Trinajstić information content (AvgIpc) is 2.75. The van der Waals surface area contributed by atoms with Gasteiger partial charge < -0.3 is 5.73 Å². The highest BCUT2D eigenvalue weighted by Gasteiger charge is 2.16. The van der Waals surface area contributed by atoms with E-state index in [-0.39, 0.29) is 6.04 Å². The minimum Gasteiger partial charge on any atom is -0.322 e. The minimum absolute atomic E-state index is 0.168. The van der Waals surface area contributed by atoms with Crippen molar-refractivity contribution in [3.63, 3.8) is 0 Å². The highest BCUT2D eigenvalue weighted by molar-refractivity contribution is 6.36. The van der Waals surface area contributed by atoms with Crippen molar-refractivity contribution in [3.05, 3.63) is 51.3 Å². The van der Waals surface area contributed by atoms with Gasteiger partial charge in [0.25, 0.3) is 0 Å². The molecular weight excluding hydrogens is 281 g/mol. The smallest absolute Gasteiger partial charge is 0.0597 e. The molecule has 5 heteroatoms. The van der Waals surface area contributed by atoms with Crippen LogP contribution in [0.5, 0.6) is 0 Å². The van der Waals surface area contributed by atoms with E-state index in [1.165, 1.54) is 0 Å². The summed E-state index contributed by atoms with van der Waals surface area (Å²) < 4.78 is 1.92. The van der Waals surface area contributed by atoms with Crippen molar-refractivity contribution in [3.8, 4) is 0 Å². The summed E-state index contributed by atoms with van der Waals surface area (Å²) in [7, 11) is 0. The van der Waals surface area contributed by atoms with E-state index >= 15 is 0 Å². The Labute approximate surface area is 123 Å². The zero-order valence-corrected chi connectivity index (χ0v) is 12.5. The fourth-order valence-electron chi connectivity index (χ4n) is 2.17. The molecule has 1 unspecified atom stereocenters. The molecule has 2 aromatic rings. The first-order valence-electron chi connectivity index (χ1n) is 6.25. The number of benzene rings is 1. The van der Waals surface area contributed by atoms with E-state index in [1.807, 2.05) is 42.8 Å². The molecule has 0 aliphatic carbocycles. The lowest BCUT2D eigenvalue weighted by Gasteiger charge is -2.15. The van der Waals surface area contributed by atoms with Gasteiger partial charge in [-0.1, -0.05) is 29.3 Å². The van der Waals surface area contributed by atoms with Crippen molar-refractivity contribution in [2.75, 3.05) is 0 Å². The standard InChI is InChI=1S/C14H17Cl2N3/c1-3-19-14(7-9(2)18-19)13(17)8-10-11(15)5-4-6-12(10)16/h4-7,13H,3,8,17H2,1-2H3. The number of halogens is 2. The summed E-state index contributed by atoms with van der Waals surface area (Å²) in [6.45, 7) is 4.81. The van der Waals surface area contributed by atoms with Crippen molar-refractivity contribution >= 4 is 23.2 Å². The molecule has 2 rings (SSSR count). The summed E-state index contributed by atoms with van der Waals surface area (Å²) in [6.07, 6.45) is 0.601. The topological polar surface area (TPSA) is 43.8 Å². The third-order valence-corrected chi connectivity index (χ3v) is 3.81. The first kappa shape index (κ1) is 14.4. The first-order chi connectivity index (χ1) is 9.02. The molecule has 102 valence electrons. The van der Waals surface area contributed by atoms with Gasteiger partial charge in [0, 0.05) is 16.6 Å². The lowest BCUT2D eigenvalue weighted by atomic mass is 10.0. The molecule has 0 aliphatic heterocycles. The van der Waals surface area contributed by atoms with Gasteiger partial charge in [0.05, 0.1) is 17.4 Å². The van der Waals surface area contributed by atoms with Crippen LogP contribution in [0.1, 0.15) is 29.9 Å².